The van der Waals surface area contributed by atoms with E-state index in [1.165, 1.54) is 7.05 Å². The van der Waals surface area contributed by atoms with Gasteiger partial charge in [-0.15, -0.1) is 0 Å². The highest BCUT2D eigenvalue weighted by Gasteiger charge is 2.22. The Morgan fingerprint density at radius 2 is 2.00 bits per heavy atom. The molecule has 3 N–H and O–H groups in total. The first-order chi connectivity index (χ1) is 7.42. The number of carbonyl (C=O) groups is 2. The number of nitrogens with one attached hydrogen (secondary N) is 1. The van der Waals surface area contributed by atoms with Crippen molar-refractivity contribution in [2.75, 3.05) is 20.2 Å². The van der Waals surface area contributed by atoms with Crippen molar-refractivity contribution in [3.05, 3.63) is 0 Å². The van der Waals surface area contributed by atoms with Gasteiger partial charge in [0.1, 0.15) is 6.10 Å². The van der Waals surface area contributed by atoms with E-state index in [0.717, 1.165) is 4.90 Å². The fraction of sp³-hybridized carbons (Fsp3) is 0.778. The second kappa shape index (κ2) is 6.89. The second-order valence-corrected chi connectivity index (χ2v) is 3.49. The molecule has 0 aromatic carbocycles. The molecule has 0 rings (SSSR count). The molecule has 7 heteroatoms. The monoisotopic (exact) mass is 234 g/mol. The molecule has 0 aliphatic carbocycles. The average molecular weight is 234 g/mol. The summed E-state index contributed by atoms with van der Waals surface area (Å²) >= 11 is 0. The van der Waals surface area contributed by atoms with Crippen molar-refractivity contribution in [1.29, 1.82) is 0 Å². The molecule has 16 heavy (non-hydrogen) atoms. The molecule has 0 bridgehead atoms. The van der Waals surface area contributed by atoms with Crippen molar-refractivity contribution in [2.45, 2.75) is 26.0 Å². The number of aliphatic hydroxyl groups excluding tert-OH is 1. The molecule has 94 valence electrons. The van der Waals surface area contributed by atoms with Gasteiger partial charge < -0.3 is 25.2 Å². The van der Waals surface area contributed by atoms with Crippen molar-refractivity contribution >= 4 is 12.2 Å². The highest BCUT2D eigenvalue weighted by atomic mass is 16.6. The lowest BCUT2D eigenvalue weighted by Gasteiger charge is -2.27. The molecule has 0 aliphatic rings. The minimum atomic E-state index is -1.12. The van der Waals surface area contributed by atoms with E-state index < -0.39 is 24.9 Å². The topological polar surface area (TPSA) is 99.1 Å². The Morgan fingerprint density at radius 1 is 1.44 bits per heavy atom. The van der Waals surface area contributed by atoms with E-state index in [1.807, 2.05) is 0 Å². The van der Waals surface area contributed by atoms with Crippen LogP contribution < -0.4 is 5.32 Å². The number of hydrogen-bond acceptors (Lipinski definition) is 4. The molecule has 0 aromatic rings. The van der Waals surface area contributed by atoms with E-state index in [0.29, 0.717) is 0 Å². The number of alkyl carbamates (subject to hydrolysis) is 1. The van der Waals surface area contributed by atoms with Crippen LogP contribution in [0.3, 0.4) is 0 Å². The maximum absolute atomic E-state index is 10.9. The molecule has 0 saturated heterocycles. The minimum absolute atomic E-state index is 0.0586. The van der Waals surface area contributed by atoms with Gasteiger partial charge in [0.05, 0.1) is 13.2 Å². The van der Waals surface area contributed by atoms with Crippen LogP contribution in [0, 0.1) is 0 Å². The van der Waals surface area contributed by atoms with E-state index in [1.54, 1.807) is 13.8 Å². The first kappa shape index (κ1) is 14.5. The van der Waals surface area contributed by atoms with Crippen LogP contribution in [0.4, 0.5) is 9.59 Å². The Balaban J connectivity index is 4.38. The van der Waals surface area contributed by atoms with Crippen molar-refractivity contribution in [3.8, 4) is 0 Å². The predicted octanol–water partition coefficient (Wildman–Crippen LogP) is 0.0917. The molecule has 0 radical (unpaired) electrons. The van der Waals surface area contributed by atoms with Gasteiger partial charge in [0.15, 0.2) is 0 Å². The molecule has 0 aromatic heterocycles. The summed E-state index contributed by atoms with van der Waals surface area (Å²) in [5, 5.41) is 20.0. The van der Waals surface area contributed by atoms with Gasteiger partial charge in [-0.25, -0.2) is 9.59 Å². The average Bonchev–Trinajstić information content (AvgIpc) is 2.22. The summed E-state index contributed by atoms with van der Waals surface area (Å²) in [4.78, 5) is 22.8. The van der Waals surface area contributed by atoms with Gasteiger partial charge in [0.25, 0.3) is 0 Å². The van der Waals surface area contributed by atoms with Crippen molar-refractivity contribution in [3.63, 3.8) is 0 Å². The molecule has 0 spiro atoms. The zero-order valence-corrected chi connectivity index (χ0v) is 9.64. The summed E-state index contributed by atoms with van der Waals surface area (Å²) in [6.07, 6.45) is -2.68. The zero-order valence-electron chi connectivity index (χ0n) is 9.64. The third-order valence-electron chi connectivity index (χ3n) is 1.95. The number of rotatable bonds is 5. The second-order valence-electron chi connectivity index (χ2n) is 3.49. The Hall–Kier alpha value is -1.50. The van der Waals surface area contributed by atoms with Gasteiger partial charge in [-0.05, 0) is 13.8 Å². The molecular formula is C9H18N2O5. The van der Waals surface area contributed by atoms with E-state index in [9.17, 15) is 9.59 Å². The molecule has 0 heterocycles. The van der Waals surface area contributed by atoms with E-state index in [-0.39, 0.29) is 12.6 Å². The van der Waals surface area contributed by atoms with Crippen LogP contribution >= 0.6 is 0 Å². The Labute approximate surface area is 94.0 Å². The molecular weight excluding hydrogens is 216 g/mol. The van der Waals surface area contributed by atoms with Gasteiger partial charge in [0, 0.05) is 13.1 Å². The SMILES string of the molecule is CNC(=O)OC(CO)CN(C(=O)O)C(C)C. The van der Waals surface area contributed by atoms with Crippen LogP contribution in [0.25, 0.3) is 0 Å². The largest absolute Gasteiger partial charge is 0.465 e. The zero-order chi connectivity index (χ0) is 12.7. The number of aliphatic hydroxyl groups is 1. The standard InChI is InChI=1S/C9H18N2O5/c1-6(2)11(9(14)15)4-7(5-12)16-8(13)10-3/h6-7,12H,4-5H2,1-3H3,(H,10,13)(H,14,15). The summed E-state index contributed by atoms with van der Waals surface area (Å²) in [5.41, 5.74) is 0. The Bertz CT molecular complexity index is 244. The Morgan fingerprint density at radius 3 is 2.31 bits per heavy atom. The summed E-state index contributed by atoms with van der Waals surface area (Å²) in [7, 11) is 1.38. The van der Waals surface area contributed by atoms with Gasteiger partial charge >= 0.3 is 12.2 Å². The van der Waals surface area contributed by atoms with Crippen molar-refractivity contribution in [1.82, 2.24) is 10.2 Å². The van der Waals surface area contributed by atoms with Crippen molar-refractivity contribution < 1.29 is 24.5 Å². The normalized spacial score (nSPS) is 12.1. The lowest BCUT2D eigenvalue weighted by Crippen LogP contribution is -2.44. The number of amides is 2. The lowest BCUT2D eigenvalue weighted by molar-refractivity contribution is 0.0293. The van der Waals surface area contributed by atoms with Gasteiger partial charge in [0.2, 0.25) is 0 Å². The van der Waals surface area contributed by atoms with Gasteiger partial charge in [-0.3, -0.25) is 0 Å². The number of ether oxygens (including phenoxy) is 1. The van der Waals surface area contributed by atoms with E-state index in [2.05, 4.69) is 5.32 Å². The van der Waals surface area contributed by atoms with Crippen LogP contribution in [0.5, 0.6) is 0 Å². The molecule has 1 atom stereocenters. The molecule has 2 amide bonds. The quantitative estimate of drug-likeness (QED) is 0.626. The maximum Gasteiger partial charge on any atom is 0.407 e. The highest BCUT2D eigenvalue weighted by Crippen LogP contribution is 2.03. The van der Waals surface area contributed by atoms with E-state index in [4.69, 9.17) is 14.9 Å². The van der Waals surface area contributed by atoms with E-state index >= 15 is 0 Å². The molecule has 1 unspecified atom stereocenters. The number of nitrogens with zero attached hydrogens (tertiary/aromatic N) is 1. The highest BCUT2D eigenvalue weighted by molar-refractivity contribution is 5.67. The predicted molar refractivity (Wildman–Crippen MR) is 56.3 cm³/mol. The minimum Gasteiger partial charge on any atom is -0.465 e. The number of carbonyl (C=O) groups excluding carboxylic acids is 1. The number of carboxylic acid groups (broad SMARTS) is 1. The first-order valence-electron chi connectivity index (χ1n) is 4.91. The summed E-state index contributed by atoms with van der Waals surface area (Å²) in [5.74, 6) is 0. The first-order valence-corrected chi connectivity index (χ1v) is 4.91. The van der Waals surface area contributed by atoms with Crippen LogP contribution in [0.2, 0.25) is 0 Å². The summed E-state index contributed by atoms with van der Waals surface area (Å²) < 4.78 is 4.77. The molecule has 0 fully saturated rings. The lowest BCUT2D eigenvalue weighted by atomic mass is 10.3. The van der Waals surface area contributed by atoms with Crippen LogP contribution in [-0.4, -0.2) is 59.6 Å². The van der Waals surface area contributed by atoms with Crippen LogP contribution in [0.15, 0.2) is 0 Å². The van der Waals surface area contributed by atoms with Crippen molar-refractivity contribution in [2.24, 2.45) is 0 Å². The van der Waals surface area contributed by atoms with Gasteiger partial charge in [-0.1, -0.05) is 0 Å². The Kier molecular flexibility index (Phi) is 6.24. The third kappa shape index (κ3) is 4.83. The summed E-state index contributed by atoms with van der Waals surface area (Å²) in [6.45, 7) is 2.91. The molecule has 0 aliphatic heterocycles. The van der Waals surface area contributed by atoms with Gasteiger partial charge in [-0.2, -0.15) is 0 Å². The fourth-order valence-corrected chi connectivity index (χ4v) is 1.07. The third-order valence-corrected chi connectivity index (χ3v) is 1.95. The fourth-order valence-electron chi connectivity index (χ4n) is 1.07. The maximum atomic E-state index is 10.9. The van der Waals surface area contributed by atoms with Crippen LogP contribution in [-0.2, 0) is 4.74 Å². The van der Waals surface area contributed by atoms with Crippen LogP contribution in [0.1, 0.15) is 13.8 Å². The number of hydrogen-bond donors (Lipinski definition) is 3. The smallest absolute Gasteiger partial charge is 0.407 e. The molecule has 0 saturated carbocycles. The molecule has 7 nitrogen and oxygen atoms in total. The summed E-state index contributed by atoms with van der Waals surface area (Å²) in [6, 6.07) is -0.250.